The molecule has 0 unspecified atom stereocenters. The van der Waals surface area contributed by atoms with Crippen LogP contribution in [0.2, 0.25) is 5.02 Å². The quantitative estimate of drug-likeness (QED) is 0.646. The number of benzene rings is 1. The highest BCUT2D eigenvalue weighted by Crippen LogP contribution is 2.23. The summed E-state index contributed by atoms with van der Waals surface area (Å²) in [7, 11) is 0. The van der Waals surface area contributed by atoms with Crippen LogP contribution in [0.4, 0.5) is 0 Å². The highest BCUT2D eigenvalue weighted by atomic mass is 35.5. The third kappa shape index (κ3) is 5.13. The minimum atomic E-state index is 0. The first-order valence-electron chi connectivity index (χ1n) is 7.32. The molecule has 0 radical (unpaired) electrons. The minimum Gasteiger partial charge on any atom is -1.00 e. The molecule has 2 heterocycles. The van der Waals surface area contributed by atoms with Crippen LogP contribution in [0.25, 0.3) is 11.3 Å². The molecule has 122 valence electrons. The van der Waals surface area contributed by atoms with Gasteiger partial charge in [-0.1, -0.05) is 11.6 Å². The van der Waals surface area contributed by atoms with Crippen LogP contribution < -0.4 is 17.7 Å². The van der Waals surface area contributed by atoms with Gasteiger partial charge in [0, 0.05) is 29.5 Å². The molecule has 3 rings (SSSR count). The first-order valence-corrected chi connectivity index (χ1v) is 7.70. The van der Waals surface area contributed by atoms with E-state index in [0.29, 0.717) is 0 Å². The van der Waals surface area contributed by atoms with E-state index in [4.69, 9.17) is 16.0 Å². The van der Waals surface area contributed by atoms with Crippen molar-refractivity contribution in [1.29, 1.82) is 0 Å². The zero-order valence-corrected chi connectivity index (χ0v) is 14.1. The van der Waals surface area contributed by atoms with E-state index in [1.54, 1.807) is 6.20 Å². The maximum atomic E-state index is 5.89. The normalized spacial score (nSPS) is 10.5. The molecular formula is C17H18Cl2N3O-. The molecule has 0 saturated heterocycles. The van der Waals surface area contributed by atoms with Crippen LogP contribution in [0, 0.1) is 0 Å². The minimum absolute atomic E-state index is 0. The second-order valence-corrected chi connectivity index (χ2v) is 5.54. The molecule has 0 amide bonds. The molecule has 0 aliphatic heterocycles. The molecule has 3 aromatic rings. The average Bonchev–Trinajstić information content (AvgIpc) is 3.19. The second-order valence-electron chi connectivity index (χ2n) is 5.10. The summed E-state index contributed by atoms with van der Waals surface area (Å²) in [4.78, 5) is 4.02. The lowest BCUT2D eigenvalue weighted by molar-refractivity contribution is -0.00000500. The second kappa shape index (κ2) is 8.77. The highest BCUT2D eigenvalue weighted by molar-refractivity contribution is 6.30. The predicted octanol–water partition coefficient (Wildman–Crippen LogP) is 0.980. The fourth-order valence-electron chi connectivity index (χ4n) is 2.26. The van der Waals surface area contributed by atoms with Gasteiger partial charge in [-0.3, -0.25) is 0 Å². The average molecular weight is 351 g/mol. The van der Waals surface area contributed by atoms with Crippen molar-refractivity contribution in [2.75, 3.05) is 6.54 Å². The summed E-state index contributed by atoms with van der Waals surface area (Å²) in [5, 5.41) is 4.12. The summed E-state index contributed by atoms with van der Waals surface area (Å²) < 4.78 is 7.92. The van der Waals surface area contributed by atoms with Crippen molar-refractivity contribution in [2.45, 2.75) is 19.5 Å². The number of halogens is 2. The third-order valence-corrected chi connectivity index (χ3v) is 3.67. The summed E-state index contributed by atoms with van der Waals surface area (Å²) in [6, 6.07) is 11.7. The van der Waals surface area contributed by atoms with Crippen molar-refractivity contribution in [3.8, 4) is 11.3 Å². The lowest BCUT2D eigenvalue weighted by Crippen LogP contribution is -3.00. The maximum absolute atomic E-state index is 5.89. The molecule has 23 heavy (non-hydrogen) atoms. The predicted molar refractivity (Wildman–Crippen MR) is 87.7 cm³/mol. The number of imidazole rings is 1. The molecule has 0 saturated carbocycles. The van der Waals surface area contributed by atoms with Crippen molar-refractivity contribution >= 4 is 11.6 Å². The van der Waals surface area contributed by atoms with E-state index in [9.17, 15) is 0 Å². The topological polar surface area (TPSA) is 43.0 Å². The van der Waals surface area contributed by atoms with Gasteiger partial charge in [0.05, 0.1) is 12.9 Å². The summed E-state index contributed by atoms with van der Waals surface area (Å²) in [6.45, 7) is 2.65. The van der Waals surface area contributed by atoms with E-state index >= 15 is 0 Å². The lowest BCUT2D eigenvalue weighted by atomic mass is 10.2. The van der Waals surface area contributed by atoms with Gasteiger partial charge < -0.3 is 26.7 Å². The summed E-state index contributed by atoms with van der Waals surface area (Å²) in [5.41, 5.74) is 1.04. The van der Waals surface area contributed by atoms with Crippen molar-refractivity contribution in [1.82, 2.24) is 14.9 Å². The molecule has 0 bridgehead atoms. The zero-order chi connectivity index (χ0) is 15.2. The van der Waals surface area contributed by atoms with Gasteiger partial charge in [-0.15, -0.1) is 0 Å². The van der Waals surface area contributed by atoms with E-state index in [2.05, 4.69) is 14.9 Å². The van der Waals surface area contributed by atoms with Crippen LogP contribution in [-0.4, -0.2) is 16.1 Å². The largest absolute Gasteiger partial charge is 1.00 e. The van der Waals surface area contributed by atoms with Crippen LogP contribution in [0.15, 0.2) is 59.5 Å². The van der Waals surface area contributed by atoms with Gasteiger partial charge >= 0.3 is 0 Å². The highest BCUT2D eigenvalue weighted by Gasteiger charge is 2.04. The number of nitrogens with one attached hydrogen (secondary N) is 1. The van der Waals surface area contributed by atoms with E-state index in [1.807, 2.05) is 48.9 Å². The third-order valence-electron chi connectivity index (χ3n) is 3.42. The van der Waals surface area contributed by atoms with Crippen LogP contribution in [0.5, 0.6) is 0 Å². The Labute approximate surface area is 146 Å². The van der Waals surface area contributed by atoms with Gasteiger partial charge in [-0.25, -0.2) is 4.98 Å². The number of hydrogen-bond acceptors (Lipinski definition) is 3. The summed E-state index contributed by atoms with van der Waals surface area (Å²) in [5.74, 6) is 1.81. The van der Waals surface area contributed by atoms with Gasteiger partial charge in [-0.2, -0.15) is 0 Å². The Kier molecular flexibility index (Phi) is 6.71. The Bertz CT molecular complexity index is 693. The van der Waals surface area contributed by atoms with Crippen molar-refractivity contribution in [3.05, 3.63) is 65.9 Å². The molecule has 4 nitrogen and oxygen atoms in total. The Morgan fingerprint density at radius 3 is 2.70 bits per heavy atom. The van der Waals surface area contributed by atoms with Crippen molar-refractivity contribution in [3.63, 3.8) is 0 Å². The fraction of sp³-hybridized carbons (Fsp3) is 0.235. The van der Waals surface area contributed by atoms with E-state index in [0.717, 1.165) is 48.2 Å². The van der Waals surface area contributed by atoms with Gasteiger partial charge in [-0.05, 0) is 49.4 Å². The number of aryl methyl sites for hydroxylation is 1. The van der Waals surface area contributed by atoms with E-state index in [1.165, 1.54) is 0 Å². The first-order chi connectivity index (χ1) is 10.8. The Morgan fingerprint density at radius 1 is 1.13 bits per heavy atom. The van der Waals surface area contributed by atoms with Gasteiger partial charge in [0.1, 0.15) is 11.5 Å². The standard InChI is InChI=1S/C17H18ClN3O.ClH/c18-15-4-2-14(3-5-15)17-7-6-16(22-17)12-19-8-1-10-21-11-9-20-13-21;/h2-7,9,11,13,19H,1,8,10,12H2;1H/p-1. The molecule has 2 aromatic heterocycles. The molecular weight excluding hydrogens is 333 g/mol. The monoisotopic (exact) mass is 350 g/mol. The Morgan fingerprint density at radius 2 is 1.96 bits per heavy atom. The Balaban J connectivity index is 0.00000192. The number of nitrogens with zero attached hydrogens (tertiary/aromatic N) is 2. The molecule has 0 fully saturated rings. The number of hydrogen-bond donors (Lipinski definition) is 1. The van der Waals surface area contributed by atoms with E-state index in [-0.39, 0.29) is 12.4 Å². The molecule has 0 atom stereocenters. The molecule has 6 heteroatoms. The molecule has 1 N–H and O–H groups in total. The SMILES string of the molecule is Clc1ccc(-c2ccc(CNCCCn3ccnc3)o2)cc1.[Cl-]. The number of furan rings is 1. The molecule has 0 aliphatic rings. The summed E-state index contributed by atoms with van der Waals surface area (Å²) in [6.07, 6.45) is 6.67. The van der Waals surface area contributed by atoms with Crippen LogP contribution in [0.1, 0.15) is 12.2 Å². The molecule has 1 aromatic carbocycles. The van der Waals surface area contributed by atoms with Gasteiger partial charge in [0.2, 0.25) is 0 Å². The van der Waals surface area contributed by atoms with Crippen LogP contribution >= 0.6 is 11.6 Å². The summed E-state index contributed by atoms with van der Waals surface area (Å²) >= 11 is 5.89. The molecule has 0 aliphatic carbocycles. The van der Waals surface area contributed by atoms with Crippen molar-refractivity contribution < 1.29 is 16.8 Å². The smallest absolute Gasteiger partial charge is 0.134 e. The Hall–Kier alpha value is -1.75. The van der Waals surface area contributed by atoms with Gasteiger partial charge in [0.15, 0.2) is 0 Å². The van der Waals surface area contributed by atoms with Crippen LogP contribution in [0.3, 0.4) is 0 Å². The number of rotatable bonds is 7. The fourth-order valence-corrected chi connectivity index (χ4v) is 2.39. The maximum Gasteiger partial charge on any atom is 0.134 e. The van der Waals surface area contributed by atoms with Gasteiger partial charge in [0.25, 0.3) is 0 Å². The molecule has 0 spiro atoms. The lowest BCUT2D eigenvalue weighted by Gasteiger charge is -2.04. The first kappa shape index (κ1) is 17.6. The van der Waals surface area contributed by atoms with E-state index < -0.39 is 0 Å². The van der Waals surface area contributed by atoms with Crippen LogP contribution in [-0.2, 0) is 13.1 Å². The zero-order valence-electron chi connectivity index (χ0n) is 12.6. The van der Waals surface area contributed by atoms with Crippen molar-refractivity contribution in [2.24, 2.45) is 0 Å². The number of aromatic nitrogens is 2.